The van der Waals surface area contributed by atoms with Crippen LogP contribution < -0.4 is 16.0 Å². The smallest absolute Gasteiger partial charge is 0.320 e. The molecular weight excluding hydrogens is 392 g/mol. The van der Waals surface area contributed by atoms with Gasteiger partial charge in [0.25, 0.3) is 0 Å². The molecule has 2 aromatic heterocycles. The maximum atomic E-state index is 12.3. The summed E-state index contributed by atoms with van der Waals surface area (Å²) in [4.78, 5) is 16.7. The average Bonchev–Trinajstić information content (AvgIpc) is 3.08. The fraction of sp³-hybridized carbons (Fsp3) is 0.435. The maximum absolute atomic E-state index is 12.3. The number of nitrogens with zero attached hydrogens (tertiary/aromatic N) is 2. The Kier molecular flexibility index (Phi) is 5.82. The molecule has 0 radical (unpaired) electrons. The largest absolute Gasteiger partial charge is 0.390 e. The van der Waals surface area contributed by atoms with Crippen LogP contribution in [0.5, 0.6) is 0 Å². The maximum Gasteiger partial charge on any atom is 0.320 e. The summed E-state index contributed by atoms with van der Waals surface area (Å²) in [5.74, 6) is 2.10. The van der Waals surface area contributed by atoms with E-state index in [0.717, 1.165) is 41.7 Å². The second kappa shape index (κ2) is 8.55. The predicted molar refractivity (Wildman–Crippen MR) is 122 cm³/mol. The number of carbonyl (C=O) groups excluding carboxylic acids is 1. The van der Waals surface area contributed by atoms with Crippen molar-refractivity contribution in [2.75, 3.05) is 17.2 Å². The van der Waals surface area contributed by atoms with Gasteiger partial charge in [-0.3, -0.25) is 10.4 Å². The van der Waals surface area contributed by atoms with Gasteiger partial charge in [-0.05, 0) is 51.0 Å². The molecule has 1 atom stereocenters. The van der Waals surface area contributed by atoms with Gasteiger partial charge < -0.3 is 15.7 Å². The fourth-order valence-corrected chi connectivity index (χ4v) is 4.01. The molecule has 3 aromatic rings. The zero-order chi connectivity index (χ0) is 22.0. The summed E-state index contributed by atoms with van der Waals surface area (Å²) in [6, 6.07) is 11.1. The van der Waals surface area contributed by atoms with E-state index < -0.39 is 5.60 Å². The molecule has 0 bridgehead atoms. The molecule has 8 nitrogen and oxygen atoms in total. The Hall–Kier alpha value is -3.13. The van der Waals surface area contributed by atoms with Crippen LogP contribution in [-0.4, -0.2) is 38.5 Å². The lowest BCUT2D eigenvalue weighted by Crippen LogP contribution is -2.42. The number of aromatic nitrogens is 3. The minimum absolute atomic E-state index is 0.115. The van der Waals surface area contributed by atoms with Crippen molar-refractivity contribution in [3.8, 4) is 0 Å². The van der Waals surface area contributed by atoms with E-state index in [2.05, 4.69) is 31.1 Å². The lowest BCUT2D eigenvalue weighted by atomic mass is 9.67. The van der Waals surface area contributed by atoms with Crippen LogP contribution in [0.15, 0.2) is 42.6 Å². The SMILES string of the molecule is C[C@@H](NC(=O)Nc1cc2[nH]nc(NCC3CC(C(C)(C)O)C3)c2cn1)c1ccccc1. The Balaban J connectivity index is 1.32. The second-order valence-corrected chi connectivity index (χ2v) is 8.99. The van der Waals surface area contributed by atoms with Crippen molar-refractivity contribution < 1.29 is 9.90 Å². The first kappa shape index (κ1) is 21.1. The van der Waals surface area contributed by atoms with E-state index in [9.17, 15) is 9.90 Å². The number of fused-ring (bicyclic) bond motifs is 1. The third-order valence-electron chi connectivity index (χ3n) is 6.13. The molecule has 1 fully saturated rings. The van der Waals surface area contributed by atoms with Gasteiger partial charge in [0.2, 0.25) is 0 Å². The third-order valence-corrected chi connectivity index (χ3v) is 6.13. The first-order valence-corrected chi connectivity index (χ1v) is 10.7. The highest BCUT2D eigenvalue weighted by Gasteiger charge is 2.38. The number of rotatable bonds is 7. The second-order valence-electron chi connectivity index (χ2n) is 8.99. The molecule has 8 heteroatoms. The number of H-pyrrole nitrogens is 1. The molecular formula is C23H30N6O2. The van der Waals surface area contributed by atoms with Crippen LogP contribution in [0.4, 0.5) is 16.4 Å². The van der Waals surface area contributed by atoms with Crippen molar-refractivity contribution in [2.24, 2.45) is 11.8 Å². The highest BCUT2D eigenvalue weighted by molar-refractivity contribution is 5.94. The number of hydrogen-bond donors (Lipinski definition) is 5. The zero-order valence-corrected chi connectivity index (χ0v) is 18.1. The van der Waals surface area contributed by atoms with E-state index in [-0.39, 0.29) is 12.1 Å². The van der Waals surface area contributed by atoms with E-state index in [1.165, 1.54) is 0 Å². The topological polar surface area (TPSA) is 115 Å². The summed E-state index contributed by atoms with van der Waals surface area (Å²) < 4.78 is 0. The van der Waals surface area contributed by atoms with Gasteiger partial charge in [-0.2, -0.15) is 5.10 Å². The first-order valence-electron chi connectivity index (χ1n) is 10.7. The summed E-state index contributed by atoms with van der Waals surface area (Å²) >= 11 is 0. The molecule has 1 aliphatic carbocycles. The molecule has 2 amide bonds. The van der Waals surface area contributed by atoms with Crippen molar-refractivity contribution in [3.05, 3.63) is 48.2 Å². The lowest BCUT2D eigenvalue weighted by Gasteiger charge is -2.42. The molecule has 1 aromatic carbocycles. The normalized spacial score (nSPS) is 19.5. The number of pyridine rings is 1. The van der Waals surface area contributed by atoms with E-state index in [0.29, 0.717) is 17.7 Å². The van der Waals surface area contributed by atoms with E-state index in [1.54, 1.807) is 12.3 Å². The number of nitrogens with one attached hydrogen (secondary N) is 4. The molecule has 0 saturated heterocycles. The monoisotopic (exact) mass is 422 g/mol. The van der Waals surface area contributed by atoms with E-state index in [4.69, 9.17) is 0 Å². The van der Waals surface area contributed by atoms with Crippen molar-refractivity contribution in [1.82, 2.24) is 20.5 Å². The minimum atomic E-state index is -0.603. The van der Waals surface area contributed by atoms with Gasteiger partial charge in [0.1, 0.15) is 5.82 Å². The molecule has 0 unspecified atom stereocenters. The molecule has 1 saturated carbocycles. The Morgan fingerprint density at radius 2 is 2.03 bits per heavy atom. The highest BCUT2D eigenvalue weighted by atomic mass is 16.3. The molecule has 2 heterocycles. The number of amides is 2. The van der Waals surface area contributed by atoms with Crippen molar-refractivity contribution in [1.29, 1.82) is 0 Å². The first-order chi connectivity index (χ1) is 14.8. The van der Waals surface area contributed by atoms with E-state index >= 15 is 0 Å². The van der Waals surface area contributed by atoms with Crippen LogP contribution >= 0.6 is 0 Å². The van der Waals surface area contributed by atoms with Gasteiger partial charge in [-0.15, -0.1) is 0 Å². The molecule has 164 valence electrons. The van der Waals surface area contributed by atoms with Crippen LogP contribution in [0.2, 0.25) is 0 Å². The van der Waals surface area contributed by atoms with Gasteiger partial charge in [0.05, 0.1) is 22.5 Å². The number of aliphatic hydroxyl groups is 1. The number of hydrogen-bond acceptors (Lipinski definition) is 5. The zero-order valence-electron chi connectivity index (χ0n) is 18.1. The minimum Gasteiger partial charge on any atom is -0.390 e. The Morgan fingerprint density at radius 1 is 1.29 bits per heavy atom. The Morgan fingerprint density at radius 3 is 2.74 bits per heavy atom. The standard InChI is InChI=1S/C23H30N6O2/c1-14(16-7-5-4-6-8-16)26-22(30)27-20-11-19-18(13-24-20)21(29-28-19)25-12-15-9-17(10-15)23(2,3)31/h4-8,11,13-15,17,31H,9-10,12H2,1-3H3,(H2,25,28,29)(H2,24,26,27,30)/t14-,15?,17?/m1/s1. The summed E-state index contributed by atoms with van der Waals surface area (Å²) in [5, 5.41) is 27.4. The summed E-state index contributed by atoms with van der Waals surface area (Å²) in [7, 11) is 0. The third kappa shape index (κ3) is 4.96. The summed E-state index contributed by atoms with van der Waals surface area (Å²) in [6.07, 6.45) is 3.74. The van der Waals surface area contributed by atoms with Crippen LogP contribution in [0.25, 0.3) is 10.9 Å². The van der Waals surface area contributed by atoms with Crippen LogP contribution in [0, 0.1) is 11.8 Å². The molecule has 4 rings (SSSR count). The lowest BCUT2D eigenvalue weighted by molar-refractivity contribution is -0.0400. The number of benzene rings is 1. The van der Waals surface area contributed by atoms with Crippen molar-refractivity contribution in [3.63, 3.8) is 0 Å². The predicted octanol–water partition coefficient (Wildman–Crippen LogP) is 4.05. The molecule has 1 aliphatic rings. The fourth-order valence-electron chi connectivity index (χ4n) is 4.01. The molecule has 5 N–H and O–H groups in total. The molecule has 31 heavy (non-hydrogen) atoms. The van der Waals surface area contributed by atoms with Gasteiger partial charge in [0.15, 0.2) is 5.82 Å². The number of anilines is 2. The number of urea groups is 1. The highest BCUT2D eigenvalue weighted by Crippen LogP contribution is 2.40. The Labute approximate surface area is 181 Å². The van der Waals surface area contributed by atoms with Crippen molar-refractivity contribution in [2.45, 2.75) is 45.3 Å². The molecule has 0 aliphatic heterocycles. The summed E-state index contributed by atoms with van der Waals surface area (Å²) in [5.41, 5.74) is 1.23. The average molecular weight is 423 g/mol. The van der Waals surface area contributed by atoms with Crippen LogP contribution in [0.3, 0.4) is 0 Å². The number of aromatic amines is 1. The van der Waals surface area contributed by atoms with Crippen molar-refractivity contribution >= 4 is 28.6 Å². The summed E-state index contributed by atoms with van der Waals surface area (Å²) in [6.45, 7) is 6.50. The van der Waals surface area contributed by atoms with Crippen LogP contribution in [-0.2, 0) is 0 Å². The van der Waals surface area contributed by atoms with Gasteiger partial charge in [-0.25, -0.2) is 9.78 Å². The van der Waals surface area contributed by atoms with Gasteiger partial charge in [-0.1, -0.05) is 30.3 Å². The van der Waals surface area contributed by atoms with E-state index in [1.807, 2.05) is 51.1 Å². The van der Waals surface area contributed by atoms with Crippen LogP contribution in [0.1, 0.15) is 45.2 Å². The quantitative estimate of drug-likeness (QED) is 0.394. The number of carbonyl (C=O) groups is 1. The Bertz CT molecular complexity index is 1040. The van der Waals surface area contributed by atoms with Gasteiger partial charge in [0, 0.05) is 18.8 Å². The molecule has 0 spiro atoms. The van der Waals surface area contributed by atoms with Gasteiger partial charge >= 0.3 is 6.03 Å².